The molecule has 26 heavy (non-hydrogen) atoms. The highest BCUT2D eigenvalue weighted by molar-refractivity contribution is 6.34. The molecule has 0 heterocycles. The van der Waals surface area contributed by atoms with Crippen molar-refractivity contribution in [3.05, 3.63) is 70.2 Å². The minimum atomic E-state index is -0.0266. The van der Waals surface area contributed by atoms with E-state index < -0.39 is 0 Å². The quantitative estimate of drug-likeness (QED) is 0.578. The highest BCUT2D eigenvalue weighted by Crippen LogP contribution is 2.47. The first kappa shape index (κ1) is 18.7. The lowest BCUT2D eigenvalue weighted by Crippen LogP contribution is -2.21. The summed E-state index contributed by atoms with van der Waals surface area (Å²) in [5.41, 5.74) is 6.91. The number of amides is 1. The molecular weight excluding hydrogens is 344 g/mol. The molecule has 0 saturated heterocycles. The molecule has 1 amide bonds. The van der Waals surface area contributed by atoms with E-state index in [2.05, 4.69) is 55.6 Å². The number of hydrogen-bond donors (Lipinski definition) is 1. The van der Waals surface area contributed by atoms with Gasteiger partial charge < -0.3 is 0 Å². The van der Waals surface area contributed by atoms with Crippen LogP contribution in [-0.4, -0.2) is 11.6 Å². The van der Waals surface area contributed by atoms with Crippen molar-refractivity contribution in [3.63, 3.8) is 0 Å². The van der Waals surface area contributed by atoms with Gasteiger partial charge in [0.05, 0.1) is 5.71 Å². The van der Waals surface area contributed by atoms with Crippen molar-refractivity contribution in [2.24, 2.45) is 11.0 Å². The van der Waals surface area contributed by atoms with E-state index in [9.17, 15) is 4.79 Å². The first-order chi connectivity index (χ1) is 12.3. The van der Waals surface area contributed by atoms with Gasteiger partial charge in [-0.05, 0) is 41.9 Å². The van der Waals surface area contributed by atoms with Crippen LogP contribution in [0.2, 0.25) is 5.02 Å². The minimum Gasteiger partial charge on any atom is -0.273 e. The molecule has 0 radical (unpaired) electrons. The van der Waals surface area contributed by atoms with Gasteiger partial charge in [-0.3, -0.25) is 4.79 Å². The smallest absolute Gasteiger partial charge is 0.243 e. The zero-order chi connectivity index (χ0) is 18.9. The Morgan fingerprint density at radius 1 is 1.12 bits per heavy atom. The van der Waals surface area contributed by atoms with Crippen molar-refractivity contribution in [1.82, 2.24) is 5.43 Å². The molecule has 1 aliphatic rings. The predicted molar refractivity (Wildman–Crippen MR) is 108 cm³/mol. The Bertz CT molecular complexity index is 834. The molecule has 1 aliphatic carbocycles. The van der Waals surface area contributed by atoms with Gasteiger partial charge in [0.15, 0.2) is 0 Å². The number of carbonyl (C=O) groups excluding carboxylic acids is 1. The number of hydrazone groups is 1. The van der Waals surface area contributed by atoms with Crippen LogP contribution in [0.15, 0.2) is 53.6 Å². The Balaban J connectivity index is 1.61. The molecular formula is C22H25ClN2O. The van der Waals surface area contributed by atoms with Gasteiger partial charge in [0.1, 0.15) is 0 Å². The van der Waals surface area contributed by atoms with Gasteiger partial charge >= 0.3 is 0 Å². The van der Waals surface area contributed by atoms with Crippen molar-refractivity contribution in [1.29, 1.82) is 0 Å². The van der Waals surface area contributed by atoms with E-state index in [0.29, 0.717) is 16.7 Å². The van der Waals surface area contributed by atoms with Gasteiger partial charge in [-0.25, -0.2) is 5.43 Å². The molecule has 1 saturated carbocycles. The lowest BCUT2D eigenvalue weighted by atomic mass is 9.86. The summed E-state index contributed by atoms with van der Waals surface area (Å²) in [5, 5.41) is 4.85. The average Bonchev–Trinajstić information content (AvgIpc) is 3.40. The van der Waals surface area contributed by atoms with Gasteiger partial charge in [-0.2, -0.15) is 5.10 Å². The van der Waals surface area contributed by atoms with E-state index >= 15 is 0 Å². The maximum atomic E-state index is 12.4. The molecule has 3 nitrogen and oxygen atoms in total. The second-order valence-corrected chi connectivity index (χ2v) is 8.38. The molecule has 2 aromatic rings. The molecule has 2 unspecified atom stereocenters. The Morgan fingerprint density at radius 2 is 1.77 bits per heavy atom. The van der Waals surface area contributed by atoms with Crippen molar-refractivity contribution in [2.45, 2.75) is 45.4 Å². The molecule has 2 aromatic carbocycles. The summed E-state index contributed by atoms with van der Waals surface area (Å²) in [6.45, 7) is 8.45. The number of hydrogen-bond acceptors (Lipinski definition) is 2. The monoisotopic (exact) mass is 368 g/mol. The van der Waals surface area contributed by atoms with Crippen LogP contribution in [0, 0.1) is 5.92 Å². The lowest BCUT2D eigenvalue weighted by molar-refractivity contribution is -0.122. The summed E-state index contributed by atoms with van der Waals surface area (Å²) < 4.78 is 0. The summed E-state index contributed by atoms with van der Waals surface area (Å²) in [5.74, 6) is 0.263. The van der Waals surface area contributed by atoms with Crippen LogP contribution in [0.25, 0.3) is 0 Å². The zero-order valence-electron chi connectivity index (χ0n) is 15.7. The Labute approximate surface area is 160 Å². The largest absolute Gasteiger partial charge is 0.273 e. The molecule has 1 N–H and O–H groups in total. The molecule has 0 bridgehead atoms. The summed E-state index contributed by atoms with van der Waals surface area (Å²) in [7, 11) is 0. The summed E-state index contributed by atoms with van der Waals surface area (Å²) >= 11 is 6.16. The van der Waals surface area contributed by atoms with Crippen LogP contribution in [0.1, 0.15) is 56.7 Å². The molecule has 0 spiro atoms. The van der Waals surface area contributed by atoms with E-state index in [4.69, 9.17) is 11.6 Å². The van der Waals surface area contributed by atoms with E-state index in [0.717, 1.165) is 12.0 Å². The molecule has 1 fully saturated rings. The van der Waals surface area contributed by atoms with E-state index in [1.165, 1.54) is 11.1 Å². The van der Waals surface area contributed by atoms with E-state index in [1.54, 1.807) is 0 Å². The third-order valence-electron chi connectivity index (χ3n) is 4.93. The molecule has 4 heteroatoms. The number of carbonyl (C=O) groups is 1. The fraction of sp³-hybridized carbons (Fsp3) is 0.364. The van der Waals surface area contributed by atoms with E-state index in [1.807, 2.05) is 31.2 Å². The summed E-state index contributed by atoms with van der Waals surface area (Å²) in [6, 6.07) is 16.1. The van der Waals surface area contributed by atoms with Crippen LogP contribution in [-0.2, 0) is 10.2 Å². The number of nitrogens with zero attached hydrogens (tertiary/aromatic N) is 1. The molecule has 0 aliphatic heterocycles. The van der Waals surface area contributed by atoms with Gasteiger partial charge in [-0.15, -0.1) is 0 Å². The molecule has 3 rings (SSSR count). The third-order valence-corrected chi connectivity index (χ3v) is 5.26. The van der Waals surface area contributed by atoms with Crippen LogP contribution in [0.5, 0.6) is 0 Å². The SMILES string of the molecule is CC(=NNC(=O)C1CC1c1ccc(C(C)(C)C)cc1)c1ccccc1Cl. The van der Waals surface area contributed by atoms with Crippen molar-refractivity contribution in [2.75, 3.05) is 0 Å². The van der Waals surface area contributed by atoms with Crippen LogP contribution < -0.4 is 5.43 Å². The molecule has 0 aromatic heterocycles. The second kappa shape index (κ2) is 7.24. The van der Waals surface area contributed by atoms with Gasteiger partial charge in [0.2, 0.25) is 5.91 Å². The van der Waals surface area contributed by atoms with Crippen LogP contribution in [0.4, 0.5) is 0 Å². The topological polar surface area (TPSA) is 41.5 Å². The summed E-state index contributed by atoms with van der Waals surface area (Å²) in [4.78, 5) is 12.4. The number of nitrogens with one attached hydrogen (secondary N) is 1. The average molecular weight is 369 g/mol. The minimum absolute atomic E-state index is 0.00159. The highest BCUT2D eigenvalue weighted by Gasteiger charge is 2.44. The first-order valence-electron chi connectivity index (χ1n) is 8.97. The predicted octanol–water partition coefficient (Wildman–Crippen LogP) is 5.28. The lowest BCUT2D eigenvalue weighted by Gasteiger charge is -2.19. The normalized spacial score (nSPS) is 20.0. The number of benzene rings is 2. The zero-order valence-corrected chi connectivity index (χ0v) is 16.5. The Hall–Kier alpha value is -2.13. The summed E-state index contributed by atoms with van der Waals surface area (Å²) in [6.07, 6.45) is 0.876. The fourth-order valence-electron chi connectivity index (χ4n) is 3.12. The third kappa shape index (κ3) is 4.16. The van der Waals surface area contributed by atoms with Crippen molar-refractivity contribution >= 4 is 23.2 Å². The van der Waals surface area contributed by atoms with E-state index in [-0.39, 0.29) is 17.2 Å². The van der Waals surface area contributed by atoms with Gasteiger partial charge in [-0.1, -0.05) is 74.8 Å². The first-order valence-corrected chi connectivity index (χ1v) is 9.34. The number of rotatable bonds is 4. The fourth-order valence-corrected chi connectivity index (χ4v) is 3.39. The highest BCUT2D eigenvalue weighted by atomic mass is 35.5. The van der Waals surface area contributed by atoms with Crippen LogP contribution >= 0.6 is 11.6 Å². The molecule has 136 valence electrons. The van der Waals surface area contributed by atoms with Gasteiger partial charge in [0, 0.05) is 16.5 Å². The maximum absolute atomic E-state index is 12.4. The van der Waals surface area contributed by atoms with Crippen molar-refractivity contribution < 1.29 is 4.79 Å². The second-order valence-electron chi connectivity index (χ2n) is 7.97. The van der Waals surface area contributed by atoms with Crippen molar-refractivity contribution in [3.8, 4) is 0 Å². The molecule has 2 atom stereocenters. The number of halogens is 1. The maximum Gasteiger partial charge on any atom is 0.243 e. The Kier molecular flexibility index (Phi) is 5.19. The Morgan fingerprint density at radius 3 is 2.38 bits per heavy atom. The van der Waals surface area contributed by atoms with Gasteiger partial charge in [0.25, 0.3) is 0 Å². The standard InChI is InChI=1S/C22H25ClN2O/c1-14(17-7-5-6-8-20(17)23)24-25-21(26)19-13-18(19)15-9-11-16(12-10-15)22(2,3)4/h5-12,18-19H,13H2,1-4H3,(H,25,26). The van der Waals surface area contributed by atoms with Crippen LogP contribution in [0.3, 0.4) is 0 Å².